The molecule has 10 rings (SSSR count). The molecule has 0 unspecified atom stereocenters. The van der Waals surface area contributed by atoms with Crippen molar-refractivity contribution in [2.75, 3.05) is 0 Å². The second-order valence-corrected chi connectivity index (χ2v) is 20.0. The maximum atomic E-state index is 8.08. The summed E-state index contributed by atoms with van der Waals surface area (Å²) in [5.74, 6) is 1.41. The first kappa shape index (κ1) is 44.4. The molecule has 10 aromatic rings. The molecule has 3 heterocycles. The second-order valence-electron chi connectivity index (χ2n) is 20.0. The molecule has 7 aromatic carbocycles. The minimum atomic E-state index is -0.100. The summed E-state index contributed by atoms with van der Waals surface area (Å²) < 4.78 is 25.2. The van der Waals surface area contributed by atoms with Gasteiger partial charge in [0.15, 0.2) is 0 Å². The molecule has 0 spiro atoms. The molecule has 67 heavy (non-hydrogen) atoms. The van der Waals surface area contributed by atoms with Gasteiger partial charge in [-0.25, -0.2) is 0 Å². The average Bonchev–Trinajstić information content (AvgIpc) is 3.90. The molecule has 0 saturated carbocycles. The molecule has 0 aliphatic carbocycles. The quantitative estimate of drug-likeness (QED) is 0.149. The van der Waals surface area contributed by atoms with Crippen LogP contribution in [0.25, 0.3) is 83.6 Å². The van der Waals surface area contributed by atoms with Gasteiger partial charge in [-0.2, -0.15) is 0 Å². The van der Waals surface area contributed by atoms with E-state index in [4.69, 9.17) is 12.1 Å². The van der Waals surface area contributed by atoms with E-state index in [1.807, 2.05) is 24.3 Å². The van der Waals surface area contributed by atoms with Crippen molar-refractivity contribution in [2.24, 2.45) is 0 Å². The molecule has 5 heteroatoms. The third-order valence-corrected chi connectivity index (χ3v) is 12.4. The van der Waals surface area contributed by atoms with Gasteiger partial charge in [0, 0.05) is 37.4 Å². The van der Waals surface area contributed by atoms with Gasteiger partial charge >= 0.3 is 0 Å². The van der Waals surface area contributed by atoms with Crippen LogP contribution in [0.15, 0.2) is 168 Å². The van der Waals surface area contributed by atoms with E-state index < -0.39 is 0 Å². The van der Waals surface area contributed by atoms with Crippen molar-refractivity contribution in [3.05, 3.63) is 198 Å². The van der Waals surface area contributed by atoms with Crippen molar-refractivity contribution >= 4 is 33.0 Å². The van der Waals surface area contributed by atoms with Crippen molar-refractivity contribution < 1.29 is 27.3 Å². The summed E-state index contributed by atoms with van der Waals surface area (Å²) in [6.45, 7) is 21.7. The Morgan fingerprint density at radius 3 is 1.85 bits per heavy atom. The Kier molecular flexibility index (Phi) is 12.7. The number of pyridine rings is 1. The van der Waals surface area contributed by atoms with Crippen LogP contribution in [-0.4, -0.2) is 14.5 Å². The Morgan fingerprint density at radius 2 is 1.21 bits per heavy atom. The molecule has 0 N–H and O–H groups in total. The number of para-hydroxylation sites is 2. The summed E-state index contributed by atoms with van der Waals surface area (Å²) >= 11 is 0. The predicted molar refractivity (Wildman–Crippen MR) is 278 cm³/mol. The molecular weight excluding hydrogens is 995 g/mol. The van der Waals surface area contributed by atoms with E-state index in [1.165, 1.54) is 33.5 Å². The van der Waals surface area contributed by atoms with Crippen molar-refractivity contribution in [1.29, 1.82) is 0 Å². The van der Waals surface area contributed by atoms with Crippen molar-refractivity contribution in [2.45, 2.75) is 91.9 Å². The van der Waals surface area contributed by atoms with Crippen LogP contribution in [0.3, 0.4) is 0 Å². The number of benzene rings is 7. The molecule has 0 aliphatic heterocycles. The van der Waals surface area contributed by atoms with Crippen LogP contribution in [0, 0.1) is 12.1 Å². The Hall–Kier alpha value is -6.39. The summed E-state index contributed by atoms with van der Waals surface area (Å²) in [5, 5.41) is 2.15. The van der Waals surface area contributed by atoms with Crippen LogP contribution in [0.4, 0.5) is 0 Å². The maximum absolute atomic E-state index is 8.08. The van der Waals surface area contributed by atoms with Gasteiger partial charge in [0.2, 0.25) is 0 Å². The monoisotopic (exact) mass is 1060 g/mol. The van der Waals surface area contributed by atoms with Crippen LogP contribution in [0.1, 0.15) is 106 Å². The molecule has 0 fully saturated rings. The van der Waals surface area contributed by atoms with Gasteiger partial charge < -0.3 is 14.0 Å². The number of rotatable bonds is 7. The normalized spacial score (nSPS) is 12.3. The first-order valence-corrected chi connectivity index (χ1v) is 23.1. The van der Waals surface area contributed by atoms with Gasteiger partial charge in [0.25, 0.3) is 0 Å². The van der Waals surface area contributed by atoms with Gasteiger partial charge in [-0.15, -0.1) is 53.6 Å². The molecular formula is C62H59IrN3O-2. The topological polar surface area (TPSA) is 43.9 Å². The zero-order chi connectivity index (χ0) is 48.1. The first-order chi connectivity index (χ1) is 32.5. The Bertz CT molecular complexity index is 3360. The molecule has 0 atom stereocenters. The minimum absolute atomic E-state index is 0. The maximum Gasteiger partial charge on any atom is 0.121 e. The third-order valence-electron chi connectivity index (χ3n) is 12.4. The molecule has 0 bridgehead atoms. The third kappa shape index (κ3) is 9.59. The summed E-state index contributed by atoms with van der Waals surface area (Å²) in [6.07, 6.45) is 1.61. The van der Waals surface area contributed by atoms with Gasteiger partial charge in [0.05, 0.1) is 23.8 Å². The summed E-state index contributed by atoms with van der Waals surface area (Å²) in [4.78, 5) is 9.69. The number of furan rings is 1. The van der Waals surface area contributed by atoms with Crippen LogP contribution >= 0.6 is 0 Å². The second kappa shape index (κ2) is 19.1. The average molecular weight is 1060 g/mol. The molecule has 1 radical (unpaired) electrons. The van der Waals surface area contributed by atoms with E-state index in [1.54, 1.807) is 12.3 Å². The van der Waals surface area contributed by atoms with Crippen molar-refractivity contribution in [1.82, 2.24) is 14.5 Å². The molecule has 4 nitrogen and oxygen atoms in total. The van der Waals surface area contributed by atoms with Crippen LogP contribution in [0.2, 0.25) is 0 Å². The Morgan fingerprint density at radius 1 is 0.597 bits per heavy atom. The van der Waals surface area contributed by atoms with Crippen LogP contribution in [-0.2, 0) is 30.9 Å². The zero-order valence-electron chi connectivity index (χ0n) is 42.2. The Balaban J connectivity index is 0.000000236. The Labute approximate surface area is 413 Å². The first-order valence-electron chi connectivity index (χ1n) is 24.1. The van der Waals surface area contributed by atoms with Gasteiger partial charge in [-0.1, -0.05) is 171 Å². The van der Waals surface area contributed by atoms with E-state index in [9.17, 15) is 0 Å². The number of nitrogens with zero attached hydrogens (tertiary/aromatic N) is 3. The van der Waals surface area contributed by atoms with Crippen LogP contribution < -0.4 is 0 Å². The summed E-state index contributed by atoms with van der Waals surface area (Å²) in [5.41, 5.74) is 16.5. The molecule has 339 valence electrons. The number of hydrogen-bond acceptors (Lipinski definition) is 3. The molecule has 0 saturated heterocycles. The molecule has 0 aliphatic rings. The van der Waals surface area contributed by atoms with Crippen LogP contribution in [0.5, 0.6) is 0 Å². The number of hydrogen-bond donors (Lipinski definition) is 0. The van der Waals surface area contributed by atoms with Gasteiger partial charge in [-0.3, -0.25) is 4.98 Å². The van der Waals surface area contributed by atoms with Crippen molar-refractivity contribution in [3.63, 3.8) is 0 Å². The minimum Gasteiger partial charge on any atom is -0.501 e. The predicted octanol–water partition coefficient (Wildman–Crippen LogP) is 17.1. The fourth-order valence-electron chi connectivity index (χ4n) is 8.72. The fourth-order valence-corrected chi connectivity index (χ4v) is 8.72. The molecule has 0 amide bonds. The molecule has 3 aromatic heterocycles. The van der Waals surface area contributed by atoms with Gasteiger partial charge in [0.1, 0.15) is 5.58 Å². The summed E-state index contributed by atoms with van der Waals surface area (Å²) in [6, 6.07) is 58.3. The van der Waals surface area contributed by atoms with Crippen molar-refractivity contribution in [3.8, 4) is 50.6 Å². The largest absolute Gasteiger partial charge is 0.501 e. The number of aromatic nitrogens is 3. The fraction of sp³-hybridized carbons (Fsp3) is 0.226. The van der Waals surface area contributed by atoms with E-state index in [0.717, 1.165) is 72.3 Å². The standard InChI is InChI=1S/C43H35N2O.C19H24N.Ir/c1-27(2)36-24-32(30-16-9-6-10-17-30)25-37(28(3)4)41(36)45-39-21-12-11-20-38(39)44-43(45)35-19-13-18-34-33-23-22-31(26-40(33)46-42(34)35)29-14-7-5-8-15-29;1-18(2,3)15-9-7-8-14(12-15)17-13-16(10-11-20-17)19(4,5)6;/h5-18,20-28H,1-4H3;7,9-13H,1-6H3;/q2*-1;/i;9D,10D;. The number of fused-ring (bicyclic) bond motifs is 4. The zero-order valence-corrected chi connectivity index (χ0v) is 42.6. The van der Waals surface area contributed by atoms with Gasteiger partial charge in [-0.05, 0) is 105 Å². The SMILES string of the molecule is CC(C)c1cc(-c2ccccc2)cc(C(C)C)c1-n1c(-c2[c-]ccc3c2oc2cc(-c4ccccc4)ccc23)nc2ccccc21.[2H]c1c[c-]c(-c2cc(C(C)(C)C)c([2H])cn2)cc1C(C)(C)C.[Ir]. The van der Waals surface area contributed by atoms with E-state index >= 15 is 0 Å². The smallest absolute Gasteiger partial charge is 0.121 e. The summed E-state index contributed by atoms with van der Waals surface area (Å²) in [7, 11) is 0. The van der Waals surface area contributed by atoms with E-state index in [-0.39, 0.29) is 42.8 Å². The van der Waals surface area contributed by atoms with E-state index in [2.05, 4.69) is 206 Å². The van der Waals surface area contributed by atoms with E-state index in [0.29, 0.717) is 12.1 Å². The number of imidazole rings is 1.